The van der Waals surface area contributed by atoms with Crippen LogP contribution in [0.5, 0.6) is 0 Å². The molecule has 3 aromatic rings. The monoisotopic (exact) mass is 288 g/mol. The lowest BCUT2D eigenvalue weighted by Gasteiger charge is -2.09. The van der Waals surface area contributed by atoms with E-state index in [1.807, 2.05) is 37.3 Å². The minimum atomic E-state index is -0.145. The van der Waals surface area contributed by atoms with Crippen molar-refractivity contribution >= 4 is 28.6 Å². The van der Waals surface area contributed by atoms with Crippen LogP contribution in [0.2, 0.25) is 0 Å². The number of aryl methyl sites for hydroxylation is 1. The molecule has 0 fully saturated rings. The molecule has 0 saturated carbocycles. The summed E-state index contributed by atoms with van der Waals surface area (Å²) in [5.41, 5.74) is 4.20. The van der Waals surface area contributed by atoms with Gasteiger partial charge in [-0.3, -0.25) is 9.78 Å². The third-order valence-electron chi connectivity index (χ3n) is 3.51. The molecule has 0 bridgehead atoms. The molecule has 1 N–H and O–H groups in total. The van der Waals surface area contributed by atoms with Crippen LogP contribution in [0.25, 0.3) is 17.0 Å². The highest BCUT2D eigenvalue weighted by molar-refractivity contribution is 6.08. The second-order valence-electron chi connectivity index (χ2n) is 5.17. The lowest BCUT2D eigenvalue weighted by Crippen LogP contribution is -2.12. The van der Waals surface area contributed by atoms with Crippen LogP contribution in [-0.2, 0) is 0 Å². The number of rotatable bonds is 3. The molecule has 0 atom stereocenters. The fourth-order valence-corrected chi connectivity index (χ4v) is 2.40. The van der Waals surface area contributed by atoms with Crippen molar-refractivity contribution in [2.24, 2.45) is 0 Å². The van der Waals surface area contributed by atoms with Crippen molar-refractivity contribution in [3.05, 3.63) is 78.0 Å². The van der Waals surface area contributed by atoms with E-state index in [9.17, 15) is 4.79 Å². The van der Waals surface area contributed by atoms with Gasteiger partial charge in [0.1, 0.15) is 0 Å². The molecule has 3 heteroatoms. The van der Waals surface area contributed by atoms with Gasteiger partial charge < -0.3 is 5.32 Å². The first-order valence-corrected chi connectivity index (χ1v) is 7.06. The lowest BCUT2D eigenvalue weighted by atomic mass is 10.1. The molecule has 0 radical (unpaired) electrons. The number of hydrogen-bond acceptors (Lipinski definition) is 2. The maximum atomic E-state index is 12.4. The molecule has 0 saturated heterocycles. The number of aromatic nitrogens is 1. The quantitative estimate of drug-likeness (QED) is 0.774. The van der Waals surface area contributed by atoms with Crippen LogP contribution < -0.4 is 5.32 Å². The maximum absolute atomic E-state index is 12.4. The molecule has 0 aliphatic carbocycles. The number of nitrogens with zero attached hydrogens (tertiary/aromatic N) is 1. The Hall–Kier alpha value is -2.94. The molecule has 108 valence electrons. The van der Waals surface area contributed by atoms with Gasteiger partial charge in [0.05, 0.1) is 11.2 Å². The van der Waals surface area contributed by atoms with Gasteiger partial charge in [-0.05, 0) is 48.4 Å². The second kappa shape index (κ2) is 5.82. The predicted octanol–water partition coefficient (Wildman–Crippen LogP) is 4.44. The largest absolute Gasteiger partial charge is 0.320 e. The van der Waals surface area contributed by atoms with Gasteiger partial charge in [-0.25, -0.2) is 0 Å². The fourth-order valence-electron chi connectivity index (χ4n) is 2.40. The highest BCUT2D eigenvalue weighted by atomic mass is 16.1. The summed E-state index contributed by atoms with van der Waals surface area (Å²) in [6.07, 6.45) is 3.48. The molecule has 22 heavy (non-hydrogen) atoms. The number of carbonyl (C=O) groups is 1. The van der Waals surface area contributed by atoms with E-state index in [-0.39, 0.29) is 5.91 Å². The van der Waals surface area contributed by atoms with Gasteiger partial charge in [0, 0.05) is 17.1 Å². The number of fused-ring (bicyclic) bond motifs is 1. The molecule has 1 amide bonds. The normalized spacial score (nSPS) is 10.4. The molecular formula is C19H16N2O. The standard InChI is InChI=1S/C19H16N2O/c1-3-14-6-8-15(9-7-14)19(22)21-17-12-13(2)11-16-5-4-10-20-18(16)17/h3-12H,1H2,2H3,(H,21,22). The summed E-state index contributed by atoms with van der Waals surface area (Å²) >= 11 is 0. The molecule has 0 aliphatic heterocycles. The average Bonchev–Trinajstić information content (AvgIpc) is 2.54. The average molecular weight is 288 g/mol. The number of anilines is 1. The van der Waals surface area contributed by atoms with Gasteiger partial charge in [-0.2, -0.15) is 0 Å². The van der Waals surface area contributed by atoms with Crippen LogP contribution >= 0.6 is 0 Å². The molecule has 3 rings (SSSR count). The third kappa shape index (κ3) is 2.74. The number of hydrogen-bond donors (Lipinski definition) is 1. The van der Waals surface area contributed by atoms with Crippen LogP contribution in [0.3, 0.4) is 0 Å². The maximum Gasteiger partial charge on any atom is 0.255 e. The van der Waals surface area contributed by atoms with E-state index < -0.39 is 0 Å². The van der Waals surface area contributed by atoms with Crippen LogP contribution in [-0.4, -0.2) is 10.9 Å². The Morgan fingerprint density at radius 1 is 1.18 bits per heavy atom. The number of nitrogens with one attached hydrogen (secondary N) is 1. The Balaban J connectivity index is 1.95. The zero-order valence-electron chi connectivity index (χ0n) is 12.3. The van der Waals surface area contributed by atoms with Crippen LogP contribution in [0.4, 0.5) is 5.69 Å². The zero-order valence-corrected chi connectivity index (χ0v) is 12.3. The molecular weight excluding hydrogens is 272 g/mol. The van der Waals surface area contributed by atoms with Crippen molar-refractivity contribution in [1.82, 2.24) is 4.98 Å². The summed E-state index contributed by atoms with van der Waals surface area (Å²) in [7, 11) is 0. The Morgan fingerprint density at radius 2 is 1.95 bits per heavy atom. The van der Waals surface area contributed by atoms with Crippen LogP contribution in [0.15, 0.2) is 61.3 Å². The summed E-state index contributed by atoms with van der Waals surface area (Å²) in [5.74, 6) is -0.145. The molecule has 2 aromatic carbocycles. The first-order chi connectivity index (χ1) is 10.7. The van der Waals surface area contributed by atoms with Crippen molar-refractivity contribution in [2.75, 3.05) is 5.32 Å². The molecule has 0 spiro atoms. The first-order valence-electron chi connectivity index (χ1n) is 7.06. The van der Waals surface area contributed by atoms with E-state index in [4.69, 9.17) is 0 Å². The third-order valence-corrected chi connectivity index (χ3v) is 3.51. The Kier molecular flexibility index (Phi) is 3.71. The van der Waals surface area contributed by atoms with E-state index in [1.54, 1.807) is 24.4 Å². The van der Waals surface area contributed by atoms with Gasteiger partial charge in [0.2, 0.25) is 0 Å². The van der Waals surface area contributed by atoms with Crippen molar-refractivity contribution in [1.29, 1.82) is 0 Å². The van der Waals surface area contributed by atoms with Crippen molar-refractivity contribution in [3.8, 4) is 0 Å². The van der Waals surface area contributed by atoms with E-state index in [1.165, 1.54) is 0 Å². The molecule has 1 aromatic heterocycles. The number of benzene rings is 2. The highest BCUT2D eigenvalue weighted by Crippen LogP contribution is 2.23. The van der Waals surface area contributed by atoms with Crippen molar-refractivity contribution in [3.63, 3.8) is 0 Å². The minimum absolute atomic E-state index is 0.145. The van der Waals surface area contributed by atoms with E-state index >= 15 is 0 Å². The van der Waals surface area contributed by atoms with Crippen LogP contribution in [0.1, 0.15) is 21.5 Å². The summed E-state index contributed by atoms with van der Waals surface area (Å²) < 4.78 is 0. The molecule has 1 heterocycles. The van der Waals surface area contributed by atoms with Crippen molar-refractivity contribution < 1.29 is 4.79 Å². The Bertz CT molecular complexity index is 851. The zero-order chi connectivity index (χ0) is 15.5. The molecule has 0 aliphatic rings. The highest BCUT2D eigenvalue weighted by Gasteiger charge is 2.09. The second-order valence-corrected chi connectivity index (χ2v) is 5.17. The van der Waals surface area contributed by atoms with Gasteiger partial charge in [0.15, 0.2) is 0 Å². The Labute approximate surface area is 129 Å². The van der Waals surface area contributed by atoms with Gasteiger partial charge >= 0.3 is 0 Å². The summed E-state index contributed by atoms with van der Waals surface area (Å²) in [4.78, 5) is 16.8. The fraction of sp³-hybridized carbons (Fsp3) is 0.0526. The lowest BCUT2D eigenvalue weighted by molar-refractivity contribution is 0.102. The topological polar surface area (TPSA) is 42.0 Å². The number of amides is 1. The predicted molar refractivity (Wildman–Crippen MR) is 91.0 cm³/mol. The van der Waals surface area contributed by atoms with Gasteiger partial charge in [-0.15, -0.1) is 0 Å². The number of pyridine rings is 1. The van der Waals surface area contributed by atoms with Gasteiger partial charge in [0.25, 0.3) is 5.91 Å². The summed E-state index contributed by atoms with van der Waals surface area (Å²) in [6.45, 7) is 5.71. The molecule has 3 nitrogen and oxygen atoms in total. The van der Waals surface area contributed by atoms with Crippen LogP contribution in [0, 0.1) is 6.92 Å². The van der Waals surface area contributed by atoms with E-state index in [0.29, 0.717) is 5.56 Å². The van der Waals surface area contributed by atoms with E-state index in [0.717, 1.165) is 27.7 Å². The van der Waals surface area contributed by atoms with Gasteiger partial charge in [-0.1, -0.05) is 30.9 Å². The first kappa shape index (κ1) is 14.0. The minimum Gasteiger partial charge on any atom is -0.320 e. The van der Waals surface area contributed by atoms with Crippen molar-refractivity contribution in [2.45, 2.75) is 6.92 Å². The molecule has 0 unspecified atom stereocenters. The SMILES string of the molecule is C=Cc1ccc(C(=O)Nc2cc(C)cc3cccnc23)cc1. The van der Waals surface area contributed by atoms with E-state index in [2.05, 4.69) is 22.9 Å². The smallest absolute Gasteiger partial charge is 0.255 e. The summed E-state index contributed by atoms with van der Waals surface area (Å²) in [5, 5.41) is 3.97. The summed E-state index contributed by atoms with van der Waals surface area (Å²) in [6, 6.07) is 15.2. The number of carbonyl (C=O) groups excluding carboxylic acids is 1. The Morgan fingerprint density at radius 3 is 2.68 bits per heavy atom.